The fourth-order valence-corrected chi connectivity index (χ4v) is 3.04. The van der Waals surface area contributed by atoms with E-state index in [2.05, 4.69) is 11.6 Å². The zero-order valence-corrected chi connectivity index (χ0v) is 16.1. The highest BCUT2D eigenvalue weighted by molar-refractivity contribution is 6.32. The van der Waals surface area contributed by atoms with Gasteiger partial charge >= 0.3 is 0 Å². The van der Waals surface area contributed by atoms with Crippen LogP contribution in [0.3, 0.4) is 0 Å². The van der Waals surface area contributed by atoms with Crippen LogP contribution in [0.15, 0.2) is 70.8 Å². The lowest BCUT2D eigenvalue weighted by Gasteiger charge is -2.06. The van der Waals surface area contributed by atoms with E-state index >= 15 is 0 Å². The van der Waals surface area contributed by atoms with Crippen LogP contribution >= 0.6 is 11.6 Å². The largest absolute Gasteiger partial charge is 0.496 e. The second-order valence-electron chi connectivity index (χ2n) is 6.01. The molecule has 0 aliphatic rings. The van der Waals surface area contributed by atoms with Gasteiger partial charge in [-0.25, -0.2) is 0 Å². The molecule has 6 heteroatoms. The third-order valence-corrected chi connectivity index (χ3v) is 4.54. The van der Waals surface area contributed by atoms with E-state index in [4.69, 9.17) is 16.3 Å². The van der Waals surface area contributed by atoms with Crippen molar-refractivity contribution in [2.75, 3.05) is 7.11 Å². The minimum Gasteiger partial charge on any atom is -0.496 e. The molecular weight excluding hydrogens is 376 g/mol. The van der Waals surface area contributed by atoms with Gasteiger partial charge in [-0.15, -0.1) is 6.58 Å². The highest BCUT2D eigenvalue weighted by Crippen LogP contribution is 2.17. The molecule has 0 aliphatic heterocycles. The van der Waals surface area contributed by atoms with Gasteiger partial charge in [-0.1, -0.05) is 54.1 Å². The van der Waals surface area contributed by atoms with Crippen LogP contribution < -0.4 is 26.6 Å². The lowest BCUT2D eigenvalue weighted by molar-refractivity contribution is 0.414. The number of nitrogens with one attached hydrogen (secondary N) is 1. The van der Waals surface area contributed by atoms with Gasteiger partial charge in [-0.3, -0.25) is 14.2 Å². The van der Waals surface area contributed by atoms with Crippen molar-refractivity contribution < 1.29 is 4.74 Å². The molecule has 3 rings (SSSR count). The maximum Gasteiger partial charge on any atom is 0.275 e. The van der Waals surface area contributed by atoms with Gasteiger partial charge < -0.3 is 9.72 Å². The summed E-state index contributed by atoms with van der Waals surface area (Å²) in [6.07, 6.45) is 4.76. The summed E-state index contributed by atoms with van der Waals surface area (Å²) in [5.41, 5.74) is 0.588. The third kappa shape index (κ3) is 4.00. The molecule has 142 valence electrons. The number of para-hydroxylation sites is 1. The van der Waals surface area contributed by atoms with Gasteiger partial charge in [0.05, 0.1) is 7.11 Å². The van der Waals surface area contributed by atoms with E-state index in [1.54, 1.807) is 49.6 Å². The molecule has 3 aromatic rings. The Balaban J connectivity index is 2.33. The van der Waals surface area contributed by atoms with Crippen LogP contribution in [0, 0.1) is 0 Å². The van der Waals surface area contributed by atoms with Crippen LogP contribution in [-0.2, 0) is 6.54 Å². The molecule has 0 radical (unpaired) electrons. The molecule has 0 unspecified atom stereocenters. The minimum atomic E-state index is -0.398. The predicted molar refractivity (Wildman–Crippen MR) is 112 cm³/mol. The molecule has 1 aromatic heterocycles. The Kier molecular flexibility index (Phi) is 5.96. The van der Waals surface area contributed by atoms with Crippen molar-refractivity contribution in [3.05, 3.63) is 109 Å². The van der Waals surface area contributed by atoms with Gasteiger partial charge in [0.15, 0.2) is 0 Å². The molecule has 28 heavy (non-hydrogen) atoms. The smallest absolute Gasteiger partial charge is 0.275 e. The summed E-state index contributed by atoms with van der Waals surface area (Å²) in [7, 11) is 1.55. The number of aromatic nitrogens is 2. The first kappa shape index (κ1) is 19.5. The fourth-order valence-electron chi connectivity index (χ4n) is 2.85. The number of benzene rings is 2. The summed E-state index contributed by atoms with van der Waals surface area (Å²) in [4.78, 5) is 28.5. The maximum absolute atomic E-state index is 13.0. The predicted octanol–water partition coefficient (Wildman–Crippen LogP) is 2.04. The Morgan fingerprint density at radius 3 is 2.43 bits per heavy atom. The molecule has 2 aromatic carbocycles. The van der Waals surface area contributed by atoms with E-state index < -0.39 is 5.56 Å². The average Bonchev–Trinajstić information content (AvgIpc) is 2.70. The number of nitrogens with zero attached hydrogens (tertiary/aromatic N) is 1. The molecule has 0 amide bonds. The third-order valence-electron chi connectivity index (χ3n) is 4.20. The molecule has 5 nitrogen and oxygen atoms in total. The standard InChI is InChI=1S/C22H19ClN2O3/c1-3-12-25-19(14-16-9-5-7-11-20(16)28-2)21(26)24-18(22(25)27)13-15-8-4-6-10-17(15)23/h3-11,13-14H,1,12H2,2H3,(H,24,26)/b18-13+,19-14+. The van der Waals surface area contributed by atoms with Crippen LogP contribution in [0.4, 0.5) is 0 Å². The number of H-pyrrole nitrogens is 1. The van der Waals surface area contributed by atoms with Crippen molar-refractivity contribution in [2.45, 2.75) is 6.54 Å². The van der Waals surface area contributed by atoms with Gasteiger partial charge in [0, 0.05) is 17.1 Å². The minimum absolute atomic E-state index is 0.150. The Morgan fingerprint density at radius 2 is 1.75 bits per heavy atom. The molecule has 0 saturated carbocycles. The van der Waals surface area contributed by atoms with Crippen molar-refractivity contribution in [3.63, 3.8) is 0 Å². The lowest BCUT2D eigenvalue weighted by Crippen LogP contribution is -2.53. The van der Waals surface area contributed by atoms with E-state index in [1.807, 2.05) is 24.3 Å². The Labute approximate surface area is 166 Å². The summed E-state index contributed by atoms with van der Waals surface area (Å²) in [6.45, 7) is 3.88. The number of methoxy groups -OCH3 is 1. The zero-order valence-electron chi connectivity index (χ0n) is 15.3. The topological polar surface area (TPSA) is 64.1 Å². The van der Waals surface area contributed by atoms with Crippen LogP contribution in [0.2, 0.25) is 5.02 Å². The molecule has 0 spiro atoms. The van der Waals surface area contributed by atoms with Crippen LogP contribution in [0.25, 0.3) is 12.2 Å². The summed E-state index contributed by atoms with van der Waals surface area (Å²) in [5.74, 6) is 0.603. The Bertz CT molecular complexity index is 1260. The maximum atomic E-state index is 13.0. The molecule has 0 atom stereocenters. The number of halogens is 1. The normalized spacial score (nSPS) is 12.2. The number of hydrogen-bond acceptors (Lipinski definition) is 3. The number of ether oxygens (including phenoxy) is 1. The number of rotatable bonds is 5. The van der Waals surface area contributed by atoms with Gasteiger partial charge in [0.25, 0.3) is 11.1 Å². The number of allylic oxidation sites excluding steroid dienone is 1. The average molecular weight is 395 g/mol. The first-order valence-corrected chi connectivity index (χ1v) is 8.98. The van der Waals surface area contributed by atoms with E-state index in [0.29, 0.717) is 21.9 Å². The lowest BCUT2D eigenvalue weighted by atomic mass is 10.2. The van der Waals surface area contributed by atoms with Crippen molar-refractivity contribution in [1.29, 1.82) is 0 Å². The van der Waals surface area contributed by atoms with Crippen molar-refractivity contribution >= 4 is 23.8 Å². The Morgan fingerprint density at radius 1 is 1.07 bits per heavy atom. The van der Waals surface area contributed by atoms with Gasteiger partial charge in [0.2, 0.25) is 0 Å². The van der Waals surface area contributed by atoms with Crippen LogP contribution in [-0.4, -0.2) is 16.7 Å². The quantitative estimate of drug-likeness (QED) is 0.673. The van der Waals surface area contributed by atoms with Crippen molar-refractivity contribution in [2.24, 2.45) is 0 Å². The van der Waals surface area contributed by atoms with Crippen molar-refractivity contribution in [1.82, 2.24) is 9.55 Å². The molecule has 0 aliphatic carbocycles. The van der Waals surface area contributed by atoms with E-state index in [-0.39, 0.29) is 22.8 Å². The van der Waals surface area contributed by atoms with Crippen molar-refractivity contribution in [3.8, 4) is 5.75 Å². The highest BCUT2D eigenvalue weighted by Gasteiger charge is 2.06. The molecular formula is C22H19ClN2O3. The molecule has 0 saturated heterocycles. The number of hydrogen-bond donors (Lipinski definition) is 1. The molecule has 1 heterocycles. The molecule has 0 bridgehead atoms. The number of aromatic amines is 1. The zero-order chi connectivity index (χ0) is 20.1. The summed E-state index contributed by atoms with van der Waals surface area (Å²) in [6, 6.07) is 14.4. The van der Waals surface area contributed by atoms with Gasteiger partial charge in [-0.05, 0) is 29.8 Å². The van der Waals surface area contributed by atoms with Crippen LogP contribution in [0.1, 0.15) is 11.1 Å². The second kappa shape index (κ2) is 8.59. The van der Waals surface area contributed by atoms with Gasteiger partial charge in [-0.2, -0.15) is 0 Å². The van der Waals surface area contributed by atoms with E-state index in [1.165, 1.54) is 4.57 Å². The molecule has 0 fully saturated rings. The summed E-state index contributed by atoms with van der Waals surface area (Å²) < 4.78 is 6.71. The molecule has 1 N–H and O–H groups in total. The van der Waals surface area contributed by atoms with Gasteiger partial charge in [0.1, 0.15) is 16.4 Å². The van der Waals surface area contributed by atoms with Crippen LogP contribution in [0.5, 0.6) is 5.75 Å². The monoisotopic (exact) mass is 394 g/mol. The summed E-state index contributed by atoms with van der Waals surface area (Å²) >= 11 is 6.17. The first-order chi connectivity index (χ1) is 13.5. The highest BCUT2D eigenvalue weighted by atomic mass is 35.5. The second-order valence-corrected chi connectivity index (χ2v) is 6.42. The fraction of sp³-hybridized carbons (Fsp3) is 0.0909. The first-order valence-electron chi connectivity index (χ1n) is 8.60. The Hall–Kier alpha value is -3.31. The SMILES string of the molecule is C=CCn1c(=O)/c(=C\c2ccccc2Cl)[nH]c(=O)/c1=C\c1ccccc1OC. The summed E-state index contributed by atoms with van der Waals surface area (Å²) in [5, 5.41) is 0.852. The van der Waals surface area contributed by atoms with E-state index in [0.717, 1.165) is 0 Å². The van der Waals surface area contributed by atoms with E-state index in [9.17, 15) is 9.59 Å².